The molecule has 0 aromatic heterocycles. The molecule has 33 heavy (non-hydrogen) atoms. The fourth-order valence-corrected chi connectivity index (χ4v) is 6.03. The van der Waals surface area contributed by atoms with Crippen molar-refractivity contribution < 1.29 is 13.2 Å². The molecule has 0 unspecified atom stereocenters. The van der Waals surface area contributed by atoms with Crippen LogP contribution in [0.2, 0.25) is 10.0 Å². The highest BCUT2D eigenvalue weighted by molar-refractivity contribution is 7.89. The number of carbonyl (C=O) groups excluding carboxylic acids is 1. The highest BCUT2D eigenvalue weighted by Crippen LogP contribution is 2.28. The zero-order chi connectivity index (χ0) is 23.4. The summed E-state index contributed by atoms with van der Waals surface area (Å²) in [6, 6.07) is 21.9. The van der Waals surface area contributed by atoms with Crippen LogP contribution in [0.15, 0.2) is 77.7 Å². The van der Waals surface area contributed by atoms with Gasteiger partial charge in [-0.05, 0) is 66.8 Å². The van der Waals surface area contributed by atoms with Gasteiger partial charge >= 0.3 is 0 Å². The predicted octanol–water partition coefficient (Wildman–Crippen LogP) is 5.62. The van der Waals surface area contributed by atoms with Gasteiger partial charge in [0.2, 0.25) is 15.9 Å². The van der Waals surface area contributed by atoms with Crippen molar-refractivity contribution in [3.63, 3.8) is 0 Å². The molecule has 1 fully saturated rings. The first-order valence-electron chi connectivity index (χ1n) is 10.7. The summed E-state index contributed by atoms with van der Waals surface area (Å²) in [4.78, 5) is 12.8. The standard InChI is InChI=1S/C25H24Cl2N2O3S/c26-21-9-5-18(6-10-21)17-19-7-11-22(12-8-19)28-25(30)20-13-15-29(16-14-20)33(31,32)24-4-2-1-3-23(24)27/h1-12,20H,13-17H2,(H,28,30). The van der Waals surface area contributed by atoms with Crippen molar-refractivity contribution in [2.24, 2.45) is 5.92 Å². The molecule has 0 aliphatic carbocycles. The van der Waals surface area contributed by atoms with Crippen LogP contribution in [0.5, 0.6) is 0 Å². The van der Waals surface area contributed by atoms with E-state index in [0.29, 0.717) is 17.9 Å². The maximum Gasteiger partial charge on any atom is 0.244 e. The Morgan fingerprint density at radius 2 is 1.45 bits per heavy atom. The van der Waals surface area contributed by atoms with Crippen molar-refractivity contribution in [1.29, 1.82) is 0 Å². The molecule has 1 aliphatic rings. The fraction of sp³-hybridized carbons (Fsp3) is 0.240. The van der Waals surface area contributed by atoms with Crippen molar-refractivity contribution in [2.45, 2.75) is 24.2 Å². The van der Waals surface area contributed by atoms with E-state index in [2.05, 4.69) is 5.32 Å². The Morgan fingerprint density at radius 1 is 0.879 bits per heavy atom. The average Bonchev–Trinajstić information content (AvgIpc) is 2.82. The van der Waals surface area contributed by atoms with Gasteiger partial charge in [0.1, 0.15) is 4.90 Å². The van der Waals surface area contributed by atoms with E-state index < -0.39 is 10.0 Å². The second-order valence-corrected chi connectivity index (χ2v) is 10.8. The average molecular weight is 503 g/mol. The van der Waals surface area contributed by atoms with Crippen LogP contribution in [0.25, 0.3) is 0 Å². The van der Waals surface area contributed by atoms with Gasteiger partial charge in [-0.15, -0.1) is 0 Å². The molecule has 0 saturated carbocycles. The Morgan fingerprint density at radius 3 is 2.06 bits per heavy atom. The maximum absolute atomic E-state index is 12.9. The molecule has 0 atom stereocenters. The van der Waals surface area contributed by atoms with E-state index in [1.807, 2.05) is 48.5 Å². The lowest BCUT2D eigenvalue weighted by Gasteiger charge is -2.30. The molecule has 8 heteroatoms. The third kappa shape index (κ3) is 5.76. The van der Waals surface area contributed by atoms with E-state index in [1.54, 1.807) is 18.2 Å². The van der Waals surface area contributed by atoms with Gasteiger partial charge in [0.05, 0.1) is 5.02 Å². The lowest BCUT2D eigenvalue weighted by Crippen LogP contribution is -2.41. The normalized spacial score (nSPS) is 15.3. The highest BCUT2D eigenvalue weighted by Gasteiger charge is 2.33. The van der Waals surface area contributed by atoms with E-state index in [1.165, 1.54) is 10.4 Å². The van der Waals surface area contributed by atoms with Crippen molar-refractivity contribution in [2.75, 3.05) is 18.4 Å². The Labute approximate surface area is 204 Å². The molecule has 0 spiro atoms. The minimum absolute atomic E-state index is 0.0877. The van der Waals surface area contributed by atoms with Crippen molar-refractivity contribution >= 4 is 44.8 Å². The van der Waals surface area contributed by atoms with Gasteiger partial charge in [-0.1, -0.05) is 59.6 Å². The molecular formula is C25H24Cl2N2O3S. The smallest absolute Gasteiger partial charge is 0.244 e. The summed E-state index contributed by atoms with van der Waals surface area (Å²) in [5.74, 6) is -0.327. The van der Waals surface area contributed by atoms with Gasteiger partial charge < -0.3 is 5.32 Å². The monoisotopic (exact) mass is 502 g/mol. The van der Waals surface area contributed by atoms with Crippen LogP contribution >= 0.6 is 23.2 Å². The third-order valence-corrected chi connectivity index (χ3v) is 8.47. The summed E-state index contributed by atoms with van der Waals surface area (Å²) in [5.41, 5.74) is 3.02. The molecule has 1 aliphatic heterocycles. The van der Waals surface area contributed by atoms with Gasteiger partial charge in [0.15, 0.2) is 0 Å². The Kier molecular flexibility index (Phi) is 7.39. The Bertz CT molecular complexity index is 1220. The fourth-order valence-electron chi connectivity index (χ4n) is 3.94. The third-order valence-electron chi connectivity index (χ3n) is 5.82. The van der Waals surface area contributed by atoms with Crippen LogP contribution in [0.3, 0.4) is 0 Å². The predicted molar refractivity (Wildman–Crippen MR) is 132 cm³/mol. The van der Waals surface area contributed by atoms with E-state index >= 15 is 0 Å². The van der Waals surface area contributed by atoms with Crippen LogP contribution in [0.1, 0.15) is 24.0 Å². The molecule has 172 valence electrons. The maximum atomic E-state index is 12.9. The zero-order valence-electron chi connectivity index (χ0n) is 17.9. The molecule has 3 aromatic carbocycles. The quantitative estimate of drug-likeness (QED) is 0.475. The largest absolute Gasteiger partial charge is 0.326 e. The van der Waals surface area contributed by atoms with Gasteiger partial charge in [-0.2, -0.15) is 4.31 Å². The van der Waals surface area contributed by atoms with Crippen LogP contribution in [-0.2, 0) is 21.2 Å². The number of sulfonamides is 1. The summed E-state index contributed by atoms with van der Waals surface area (Å²) in [6.07, 6.45) is 1.71. The minimum Gasteiger partial charge on any atom is -0.326 e. The number of hydrogen-bond acceptors (Lipinski definition) is 3. The van der Waals surface area contributed by atoms with Crippen LogP contribution in [0, 0.1) is 5.92 Å². The zero-order valence-corrected chi connectivity index (χ0v) is 20.2. The number of hydrogen-bond donors (Lipinski definition) is 1. The van der Waals surface area contributed by atoms with E-state index in [9.17, 15) is 13.2 Å². The summed E-state index contributed by atoms with van der Waals surface area (Å²) in [6.45, 7) is 0.567. The number of halogens is 2. The van der Waals surface area contributed by atoms with Crippen molar-refractivity contribution in [3.8, 4) is 0 Å². The number of amides is 1. The minimum atomic E-state index is -3.67. The number of rotatable bonds is 6. The molecule has 1 heterocycles. The first-order chi connectivity index (χ1) is 15.8. The summed E-state index contributed by atoms with van der Waals surface area (Å²) >= 11 is 12.0. The lowest BCUT2D eigenvalue weighted by atomic mass is 9.97. The summed E-state index contributed by atoms with van der Waals surface area (Å²) < 4.78 is 27.2. The molecule has 1 N–H and O–H groups in total. The number of nitrogens with one attached hydrogen (secondary N) is 1. The number of benzene rings is 3. The van der Waals surface area contributed by atoms with Crippen molar-refractivity contribution in [3.05, 3.63) is 94.0 Å². The molecule has 1 amide bonds. The van der Waals surface area contributed by atoms with E-state index in [0.717, 1.165) is 23.2 Å². The second kappa shape index (κ2) is 10.3. The van der Waals surface area contributed by atoms with E-state index in [-0.39, 0.29) is 34.8 Å². The molecule has 4 rings (SSSR count). The number of piperidine rings is 1. The summed E-state index contributed by atoms with van der Waals surface area (Å²) in [7, 11) is -3.67. The first kappa shape index (κ1) is 23.8. The molecule has 1 saturated heterocycles. The SMILES string of the molecule is O=C(Nc1ccc(Cc2ccc(Cl)cc2)cc1)C1CCN(S(=O)(=O)c2ccccc2Cl)CC1. The van der Waals surface area contributed by atoms with Gasteiger partial charge in [-0.3, -0.25) is 4.79 Å². The highest BCUT2D eigenvalue weighted by atomic mass is 35.5. The lowest BCUT2D eigenvalue weighted by molar-refractivity contribution is -0.120. The molecule has 5 nitrogen and oxygen atoms in total. The van der Waals surface area contributed by atoms with Gasteiger partial charge in [0, 0.05) is 29.7 Å². The molecule has 0 radical (unpaired) electrons. The molecule has 3 aromatic rings. The van der Waals surface area contributed by atoms with Gasteiger partial charge in [0.25, 0.3) is 0 Å². The first-order valence-corrected chi connectivity index (χ1v) is 12.9. The Hall–Kier alpha value is -2.38. The van der Waals surface area contributed by atoms with Crippen molar-refractivity contribution in [1.82, 2.24) is 4.31 Å². The number of nitrogens with zero attached hydrogens (tertiary/aromatic N) is 1. The van der Waals surface area contributed by atoms with Gasteiger partial charge in [-0.25, -0.2) is 8.42 Å². The molecule has 0 bridgehead atoms. The number of anilines is 1. The van der Waals surface area contributed by atoms with Crippen LogP contribution in [-0.4, -0.2) is 31.7 Å². The van der Waals surface area contributed by atoms with Crippen LogP contribution < -0.4 is 5.32 Å². The Balaban J connectivity index is 1.32. The topological polar surface area (TPSA) is 66.5 Å². The van der Waals surface area contributed by atoms with Crippen LogP contribution in [0.4, 0.5) is 5.69 Å². The molecular weight excluding hydrogens is 479 g/mol. The second-order valence-electron chi connectivity index (χ2n) is 8.10. The summed E-state index contributed by atoms with van der Waals surface area (Å²) in [5, 5.41) is 3.88. The number of carbonyl (C=O) groups is 1. The van der Waals surface area contributed by atoms with E-state index in [4.69, 9.17) is 23.2 Å².